The van der Waals surface area contributed by atoms with E-state index in [1.54, 1.807) is 31.3 Å². The Morgan fingerprint density at radius 3 is 2.39 bits per heavy atom. The summed E-state index contributed by atoms with van der Waals surface area (Å²) in [7, 11) is 1.58. The van der Waals surface area contributed by atoms with Crippen molar-refractivity contribution in [2.24, 2.45) is 0 Å². The molecule has 0 bridgehead atoms. The third kappa shape index (κ3) is 4.10. The number of carbonyl (C=O) groups excluding carboxylic acids is 1. The Hall–Kier alpha value is -1.43. The van der Waals surface area contributed by atoms with E-state index in [0.717, 1.165) is 5.56 Å². The molecular weight excluding hydrogens is 234 g/mol. The highest BCUT2D eigenvalue weighted by Crippen LogP contribution is 2.19. The van der Waals surface area contributed by atoms with Crippen molar-refractivity contribution in [2.75, 3.05) is 13.7 Å². The first-order chi connectivity index (χ1) is 8.58. The normalized spacial score (nSPS) is 14.0. The van der Waals surface area contributed by atoms with Crippen LogP contribution in [0, 0.1) is 0 Å². The molecule has 1 amide bonds. The largest absolute Gasteiger partial charge is 0.396 e. The Morgan fingerprint density at radius 1 is 1.28 bits per heavy atom. The molecular formula is C13H19NO4. The van der Waals surface area contributed by atoms with E-state index in [2.05, 4.69) is 5.32 Å². The highest BCUT2D eigenvalue weighted by Gasteiger charge is 2.17. The minimum absolute atomic E-state index is 0.0800. The molecule has 100 valence electrons. The number of amides is 1. The van der Waals surface area contributed by atoms with Crippen LogP contribution in [0.15, 0.2) is 24.3 Å². The Morgan fingerprint density at radius 2 is 1.89 bits per heavy atom. The number of carbonyl (C=O) groups is 1. The first kappa shape index (κ1) is 14.6. The lowest BCUT2D eigenvalue weighted by atomic mass is 10.0. The summed E-state index contributed by atoms with van der Waals surface area (Å²) in [5.74, 6) is -0.0800. The van der Waals surface area contributed by atoms with Crippen LogP contribution in [-0.2, 0) is 11.2 Å². The third-order valence-electron chi connectivity index (χ3n) is 2.75. The lowest BCUT2D eigenvalue weighted by molar-refractivity contribution is -0.119. The molecule has 18 heavy (non-hydrogen) atoms. The van der Waals surface area contributed by atoms with Crippen molar-refractivity contribution in [3.05, 3.63) is 35.4 Å². The minimum atomic E-state index is -1.02. The summed E-state index contributed by atoms with van der Waals surface area (Å²) in [5, 5.41) is 30.6. The topological polar surface area (TPSA) is 89.8 Å². The van der Waals surface area contributed by atoms with Gasteiger partial charge in [-0.2, -0.15) is 0 Å². The molecule has 0 heterocycles. The van der Waals surface area contributed by atoms with Crippen LogP contribution in [-0.4, -0.2) is 41.0 Å². The second kappa shape index (κ2) is 7.10. The lowest BCUT2D eigenvalue weighted by Crippen LogP contribution is -2.20. The second-order valence-electron chi connectivity index (χ2n) is 4.12. The summed E-state index contributed by atoms with van der Waals surface area (Å²) in [6, 6.07) is 6.81. The van der Waals surface area contributed by atoms with Gasteiger partial charge < -0.3 is 20.6 Å². The molecule has 0 aliphatic heterocycles. The van der Waals surface area contributed by atoms with E-state index in [9.17, 15) is 15.0 Å². The molecule has 0 saturated carbocycles. The zero-order valence-corrected chi connectivity index (χ0v) is 10.3. The Balaban J connectivity index is 2.67. The van der Waals surface area contributed by atoms with Gasteiger partial charge in [-0.05, 0) is 17.5 Å². The standard InChI is InChI=1S/C13H19NO4/c1-14-12(17)8-9-2-4-10(5-3-9)13(18)11(16)6-7-15/h2-5,11,13,15-16,18H,6-8H2,1H3,(H,14,17). The molecule has 0 spiro atoms. The summed E-state index contributed by atoms with van der Waals surface area (Å²) in [6.07, 6.45) is -1.60. The number of rotatable bonds is 6. The summed E-state index contributed by atoms with van der Waals surface area (Å²) in [6.45, 7) is -0.174. The minimum Gasteiger partial charge on any atom is -0.396 e. The molecule has 2 unspecified atom stereocenters. The monoisotopic (exact) mass is 253 g/mol. The van der Waals surface area contributed by atoms with Gasteiger partial charge in [0.1, 0.15) is 6.10 Å². The smallest absolute Gasteiger partial charge is 0.224 e. The molecule has 0 aliphatic rings. The number of likely N-dealkylation sites (N-methyl/N-ethyl adjacent to an activating group) is 1. The first-order valence-electron chi connectivity index (χ1n) is 5.85. The average molecular weight is 253 g/mol. The van der Waals surface area contributed by atoms with Crippen LogP contribution in [0.4, 0.5) is 0 Å². The summed E-state index contributed by atoms with van der Waals surface area (Å²) < 4.78 is 0. The van der Waals surface area contributed by atoms with E-state index in [4.69, 9.17) is 5.11 Å². The molecule has 5 nitrogen and oxygen atoms in total. The van der Waals surface area contributed by atoms with Crippen molar-refractivity contribution in [3.63, 3.8) is 0 Å². The number of aliphatic hydroxyl groups excluding tert-OH is 3. The van der Waals surface area contributed by atoms with E-state index >= 15 is 0 Å². The van der Waals surface area contributed by atoms with Gasteiger partial charge in [0, 0.05) is 13.7 Å². The summed E-state index contributed by atoms with van der Waals surface area (Å²) >= 11 is 0. The zero-order chi connectivity index (χ0) is 13.5. The SMILES string of the molecule is CNC(=O)Cc1ccc(C(O)C(O)CCO)cc1. The van der Waals surface area contributed by atoms with Crippen molar-refractivity contribution < 1.29 is 20.1 Å². The summed E-state index contributed by atoms with van der Waals surface area (Å²) in [4.78, 5) is 11.2. The van der Waals surface area contributed by atoms with Gasteiger partial charge in [0.05, 0.1) is 12.5 Å². The molecule has 1 aromatic carbocycles. The van der Waals surface area contributed by atoms with Gasteiger partial charge in [0.2, 0.25) is 5.91 Å². The number of nitrogens with one attached hydrogen (secondary N) is 1. The van der Waals surface area contributed by atoms with Gasteiger partial charge >= 0.3 is 0 Å². The van der Waals surface area contributed by atoms with Crippen LogP contribution in [0.5, 0.6) is 0 Å². The lowest BCUT2D eigenvalue weighted by Gasteiger charge is -2.17. The fourth-order valence-corrected chi connectivity index (χ4v) is 1.62. The van der Waals surface area contributed by atoms with Crippen LogP contribution in [0.2, 0.25) is 0 Å². The second-order valence-corrected chi connectivity index (χ2v) is 4.12. The van der Waals surface area contributed by atoms with E-state index in [0.29, 0.717) is 5.56 Å². The van der Waals surface area contributed by atoms with Gasteiger partial charge in [-0.3, -0.25) is 4.79 Å². The zero-order valence-electron chi connectivity index (χ0n) is 10.3. The number of benzene rings is 1. The number of aliphatic hydroxyl groups is 3. The molecule has 1 aromatic rings. The van der Waals surface area contributed by atoms with E-state index < -0.39 is 12.2 Å². The van der Waals surface area contributed by atoms with Crippen molar-refractivity contribution in [3.8, 4) is 0 Å². The molecule has 5 heteroatoms. The average Bonchev–Trinajstić information content (AvgIpc) is 2.39. The van der Waals surface area contributed by atoms with E-state index in [1.165, 1.54) is 0 Å². The van der Waals surface area contributed by atoms with E-state index in [1.807, 2.05) is 0 Å². The Kier molecular flexibility index (Phi) is 5.77. The molecule has 0 saturated heterocycles. The summed E-state index contributed by atoms with van der Waals surface area (Å²) in [5.41, 5.74) is 1.40. The van der Waals surface area contributed by atoms with E-state index in [-0.39, 0.29) is 25.4 Å². The van der Waals surface area contributed by atoms with Gasteiger partial charge in [-0.1, -0.05) is 24.3 Å². The maximum Gasteiger partial charge on any atom is 0.224 e. The molecule has 4 N–H and O–H groups in total. The Labute approximate surface area is 106 Å². The van der Waals surface area contributed by atoms with Gasteiger partial charge in [0.25, 0.3) is 0 Å². The van der Waals surface area contributed by atoms with Crippen LogP contribution in [0.1, 0.15) is 23.7 Å². The molecule has 0 radical (unpaired) electrons. The van der Waals surface area contributed by atoms with Crippen molar-refractivity contribution >= 4 is 5.91 Å². The predicted octanol–water partition coefficient (Wildman–Crippen LogP) is -0.248. The quantitative estimate of drug-likeness (QED) is 0.563. The van der Waals surface area contributed by atoms with Crippen LogP contribution in [0.25, 0.3) is 0 Å². The van der Waals surface area contributed by atoms with Crippen LogP contribution < -0.4 is 5.32 Å². The highest BCUT2D eigenvalue weighted by molar-refractivity contribution is 5.78. The van der Waals surface area contributed by atoms with Crippen LogP contribution >= 0.6 is 0 Å². The first-order valence-corrected chi connectivity index (χ1v) is 5.85. The number of hydrogen-bond donors (Lipinski definition) is 4. The Bertz CT molecular complexity index is 377. The fraction of sp³-hybridized carbons (Fsp3) is 0.462. The number of hydrogen-bond acceptors (Lipinski definition) is 4. The molecule has 0 aliphatic carbocycles. The van der Waals surface area contributed by atoms with Gasteiger partial charge in [-0.25, -0.2) is 0 Å². The van der Waals surface area contributed by atoms with Crippen molar-refractivity contribution in [2.45, 2.75) is 25.0 Å². The van der Waals surface area contributed by atoms with Gasteiger partial charge in [0.15, 0.2) is 0 Å². The maximum absolute atomic E-state index is 11.2. The molecule has 0 fully saturated rings. The van der Waals surface area contributed by atoms with Crippen LogP contribution in [0.3, 0.4) is 0 Å². The third-order valence-corrected chi connectivity index (χ3v) is 2.75. The fourth-order valence-electron chi connectivity index (χ4n) is 1.62. The predicted molar refractivity (Wildman–Crippen MR) is 66.9 cm³/mol. The highest BCUT2D eigenvalue weighted by atomic mass is 16.3. The maximum atomic E-state index is 11.2. The van der Waals surface area contributed by atoms with Crippen molar-refractivity contribution in [1.82, 2.24) is 5.32 Å². The molecule has 0 aromatic heterocycles. The molecule has 1 rings (SSSR count). The van der Waals surface area contributed by atoms with Crippen molar-refractivity contribution in [1.29, 1.82) is 0 Å². The van der Waals surface area contributed by atoms with Gasteiger partial charge in [-0.15, -0.1) is 0 Å². The molecule has 2 atom stereocenters.